The molecule has 0 aliphatic carbocycles. The van der Waals surface area contributed by atoms with Gasteiger partial charge in [-0.2, -0.15) is 4.98 Å². The van der Waals surface area contributed by atoms with Gasteiger partial charge in [-0.1, -0.05) is 12.1 Å². The van der Waals surface area contributed by atoms with Gasteiger partial charge >= 0.3 is 0 Å². The lowest BCUT2D eigenvalue weighted by Crippen LogP contribution is -2.27. The van der Waals surface area contributed by atoms with Crippen molar-refractivity contribution in [1.29, 1.82) is 0 Å². The van der Waals surface area contributed by atoms with Crippen LogP contribution in [0.15, 0.2) is 28.8 Å². The van der Waals surface area contributed by atoms with E-state index < -0.39 is 6.10 Å². The molecule has 0 amide bonds. The van der Waals surface area contributed by atoms with Crippen molar-refractivity contribution >= 4 is 5.82 Å². The van der Waals surface area contributed by atoms with Gasteiger partial charge < -0.3 is 25.0 Å². The van der Waals surface area contributed by atoms with Gasteiger partial charge in [0.1, 0.15) is 24.3 Å². The molecular formula is C24H33N5O3. The number of benzene rings is 1. The number of anilines is 1. The van der Waals surface area contributed by atoms with Gasteiger partial charge in [0, 0.05) is 36.5 Å². The van der Waals surface area contributed by atoms with E-state index in [2.05, 4.69) is 40.8 Å². The third-order valence-electron chi connectivity index (χ3n) is 5.38. The van der Waals surface area contributed by atoms with E-state index in [4.69, 9.17) is 15.0 Å². The Morgan fingerprint density at radius 2 is 1.81 bits per heavy atom. The number of nitrogens with two attached hydrogens (primary N) is 1. The topological polar surface area (TPSA) is 111 Å². The molecular weight excluding hydrogens is 406 g/mol. The summed E-state index contributed by atoms with van der Waals surface area (Å²) >= 11 is 0. The average molecular weight is 440 g/mol. The van der Waals surface area contributed by atoms with Crippen LogP contribution >= 0.6 is 0 Å². The highest BCUT2D eigenvalue weighted by atomic mass is 16.5. The number of aliphatic hydroxyl groups excluding tert-OH is 1. The number of rotatable bonds is 10. The predicted molar refractivity (Wildman–Crippen MR) is 126 cm³/mol. The van der Waals surface area contributed by atoms with Crippen molar-refractivity contribution in [3.8, 4) is 28.6 Å². The Bertz CT molecular complexity index is 1050. The summed E-state index contributed by atoms with van der Waals surface area (Å²) in [5.41, 5.74) is 10.0. The highest BCUT2D eigenvalue weighted by molar-refractivity contribution is 5.65. The molecule has 0 radical (unpaired) electrons. The van der Waals surface area contributed by atoms with Crippen LogP contribution < -0.4 is 15.4 Å². The largest absolute Gasteiger partial charge is 0.490 e. The van der Waals surface area contributed by atoms with E-state index in [0.717, 1.165) is 59.0 Å². The van der Waals surface area contributed by atoms with Crippen molar-refractivity contribution in [3.05, 3.63) is 41.1 Å². The molecule has 172 valence electrons. The number of aryl methyl sites for hydroxylation is 3. The molecule has 1 atom stereocenters. The Morgan fingerprint density at radius 1 is 1.06 bits per heavy atom. The first-order valence-corrected chi connectivity index (χ1v) is 11.1. The fourth-order valence-corrected chi connectivity index (χ4v) is 3.63. The van der Waals surface area contributed by atoms with Gasteiger partial charge in [0.05, 0.1) is 0 Å². The summed E-state index contributed by atoms with van der Waals surface area (Å²) in [5, 5.41) is 14.0. The lowest BCUT2D eigenvalue weighted by Gasteiger charge is -2.20. The Kier molecular flexibility index (Phi) is 7.82. The summed E-state index contributed by atoms with van der Waals surface area (Å²) in [5.74, 6) is 2.64. The number of ether oxygens (including phenoxy) is 1. The fourth-order valence-electron chi connectivity index (χ4n) is 3.63. The summed E-state index contributed by atoms with van der Waals surface area (Å²) in [6, 6.07) is 7.91. The van der Waals surface area contributed by atoms with Gasteiger partial charge in [-0.05, 0) is 69.5 Å². The first-order chi connectivity index (χ1) is 15.4. The third-order valence-corrected chi connectivity index (χ3v) is 5.38. The second-order valence-corrected chi connectivity index (χ2v) is 7.79. The average Bonchev–Trinajstić information content (AvgIpc) is 3.28. The van der Waals surface area contributed by atoms with Crippen molar-refractivity contribution in [2.24, 2.45) is 5.73 Å². The van der Waals surface area contributed by atoms with Crippen LogP contribution in [0.3, 0.4) is 0 Å². The van der Waals surface area contributed by atoms with Crippen molar-refractivity contribution in [1.82, 2.24) is 15.1 Å². The minimum Gasteiger partial charge on any atom is -0.490 e. The molecule has 0 aliphatic rings. The molecule has 2 heterocycles. The van der Waals surface area contributed by atoms with Crippen LogP contribution in [0.2, 0.25) is 0 Å². The zero-order chi connectivity index (χ0) is 23.3. The highest BCUT2D eigenvalue weighted by Crippen LogP contribution is 2.32. The predicted octanol–water partition coefficient (Wildman–Crippen LogP) is 3.52. The number of pyridine rings is 1. The molecule has 0 fully saturated rings. The van der Waals surface area contributed by atoms with Crippen LogP contribution in [-0.2, 0) is 6.42 Å². The van der Waals surface area contributed by atoms with Crippen LogP contribution in [0.25, 0.3) is 22.8 Å². The SMILES string of the molecule is CCc1cc(-c2noc(-c3cc(C)nc(N(CC)CC)c3)n2)cc(C)c1OC[C@@H](O)CN. The molecule has 3 rings (SSSR count). The van der Waals surface area contributed by atoms with Gasteiger partial charge in [0.25, 0.3) is 5.89 Å². The Hall–Kier alpha value is -2.97. The monoisotopic (exact) mass is 439 g/mol. The molecule has 3 aromatic rings. The van der Waals surface area contributed by atoms with Crippen molar-refractivity contribution < 1.29 is 14.4 Å². The highest BCUT2D eigenvalue weighted by Gasteiger charge is 2.17. The van der Waals surface area contributed by atoms with Crippen LogP contribution in [0.5, 0.6) is 5.75 Å². The van der Waals surface area contributed by atoms with Gasteiger partial charge in [-0.3, -0.25) is 0 Å². The Balaban J connectivity index is 1.92. The molecule has 3 N–H and O–H groups in total. The van der Waals surface area contributed by atoms with E-state index in [1.807, 2.05) is 38.1 Å². The van der Waals surface area contributed by atoms with Gasteiger partial charge in [-0.15, -0.1) is 0 Å². The van der Waals surface area contributed by atoms with E-state index >= 15 is 0 Å². The van der Waals surface area contributed by atoms with Gasteiger partial charge in [-0.25, -0.2) is 4.98 Å². The molecule has 0 saturated carbocycles. The molecule has 0 aliphatic heterocycles. The zero-order valence-corrected chi connectivity index (χ0v) is 19.6. The molecule has 8 nitrogen and oxygen atoms in total. The summed E-state index contributed by atoms with van der Waals surface area (Å²) in [6.07, 6.45) is 0.0770. The number of hydrogen-bond donors (Lipinski definition) is 2. The van der Waals surface area contributed by atoms with Crippen LogP contribution in [0, 0.1) is 13.8 Å². The van der Waals surface area contributed by atoms with Crippen LogP contribution in [0.4, 0.5) is 5.82 Å². The number of aliphatic hydroxyl groups is 1. The summed E-state index contributed by atoms with van der Waals surface area (Å²) in [6.45, 7) is 12.3. The molecule has 0 unspecified atom stereocenters. The summed E-state index contributed by atoms with van der Waals surface area (Å²) in [4.78, 5) is 11.5. The number of aromatic nitrogens is 3. The maximum Gasteiger partial charge on any atom is 0.258 e. The zero-order valence-electron chi connectivity index (χ0n) is 19.6. The maximum absolute atomic E-state index is 9.73. The Morgan fingerprint density at radius 3 is 2.47 bits per heavy atom. The molecule has 0 saturated heterocycles. The van der Waals surface area contributed by atoms with E-state index in [1.165, 1.54) is 0 Å². The number of nitrogens with zero attached hydrogens (tertiary/aromatic N) is 4. The second kappa shape index (κ2) is 10.6. The second-order valence-electron chi connectivity index (χ2n) is 7.79. The first kappa shape index (κ1) is 23.7. The summed E-state index contributed by atoms with van der Waals surface area (Å²) < 4.78 is 11.5. The van der Waals surface area contributed by atoms with Crippen molar-refractivity contribution in [2.45, 2.75) is 47.1 Å². The van der Waals surface area contributed by atoms with E-state index in [9.17, 15) is 5.11 Å². The molecule has 32 heavy (non-hydrogen) atoms. The first-order valence-electron chi connectivity index (χ1n) is 11.1. The van der Waals surface area contributed by atoms with Gasteiger partial charge in [0.15, 0.2) is 0 Å². The van der Waals surface area contributed by atoms with Crippen molar-refractivity contribution in [3.63, 3.8) is 0 Å². The maximum atomic E-state index is 9.73. The van der Waals surface area contributed by atoms with E-state index in [0.29, 0.717) is 11.7 Å². The molecule has 0 bridgehead atoms. The van der Waals surface area contributed by atoms with Crippen LogP contribution in [0.1, 0.15) is 37.6 Å². The smallest absolute Gasteiger partial charge is 0.258 e. The summed E-state index contributed by atoms with van der Waals surface area (Å²) in [7, 11) is 0. The van der Waals surface area contributed by atoms with Crippen LogP contribution in [-0.4, -0.2) is 52.6 Å². The number of hydrogen-bond acceptors (Lipinski definition) is 8. The molecule has 1 aromatic carbocycles. The lowest BCUT2D eigenvalue weighted by molar-refractivity contribution is 0.113. The minimum atomic E-state index is -0.691. The van der Waals surface area contributed by atoms with E-state index in [1.54, 1.807) is 0 Å². The Labute approximate surface area is 189 Å². The van der Waals surface area contributed by atoms with Crippen molar-refractivity contribution in [2.75, 3.05) is 31.1 Å². The fraction of sp³-hybridized carbons (Fsp3) is 0.458. The normalized spacial score (nSPS) is 12.1. The van der Waals surface area contributed by atoms with E-state index in [-0.39, 0.29) is 13.2 Å². The molecule has 8 heteroatoms. The minimum absolute atomic E-state index is 0.159. The third kappa shape index (κ3) is 5.26. The molecule has 2 aromatic heterocycles. The van der Waals surface area contributed by atoms with Gasteiger partial charge in [0.2, 0.25) is 5.82 Å². The quantitative estimate of drug-likeness (QED) is 0.494. The molecule has 0 spiro atoms. The lowest BCUT2D eigenvalue weighted by atomic mass is 10.0. The standard InChI is InChI=1S/C24H33N5O3/c1-6-17-11-18(9-15(4)22(17)31-14-20(30)13-25)23-27-24(32-28-23)19-10-16(5)26-21(12-19)29(7-2)8-3/h9-12,20,30H,6-8,13-14,25H2,1-5H3/t20-/m0/s1.